The standard InChI is InChI=1S/C36H44N12O4/c49-33(41-29-9-1-5-13-37-29)25-45-17-19-46(26-34(50)42-30-10-2-6-14-38-30)21-23-48(28-36(52)44-32-12-4-8-16-40-32)24-22-47(20-18-45)27-35(51)43-31-11-3-7-15-39-31/h1-16H,17-28H2,(H,37,41,49)(H,38,42,50)(H,39,43,51)(H,40,44,52). The predicted molar refractivity (Wildman–Crippen MR) is 197 cm³/mol. The van der Waals surface area contributed by atoms with E-state index in [-0.39, 0.29) is 49.8 Å². The zero-order chi connectivity index (χ0) is 36.4. The zero-order valence-electron chi connectivity index (χ0n) is 28.9. The lowest BCUT2D eigenvalue weighted by molar-refractivity contribution is -0.120. The van der Waals surface area contributed by atoms with Crippen LogP contribution in [0.5, 0.6) is 0 Å². The molecule has 4 aromatic rings. The van der Waals surface area contributed by atoms with E-state index in [1.807, 2.05) is 19.6 Å². The Labute approximate surface area is 302 Å². The molecule has 0 aromatic carbocycles. The van der Waals surface area contributed by atoms with Crippen molar-refractivity contribution in [3.05, 3.63) is 97.6 Å². The van der Waals surface area contributed by atoms with Crippen molar-refractivity contribution in [3.63, 3.8) is 0 Å². The van der Waals surface area contributed by atoms with Crippen LogP contribution < -0.4 is 21.3 Å². The van der Waals surface area contributed by atoms with Crippen molar-refractivity contribution >= 4 is 46.9 Å². The average molecular weight is 709 g/mol. The Balaban J connectivity index is 1.31. The van der Waals surface area contributed by atoms with Gasteiger partial charge in [0.1, 0.15) is 23.3 Å². The first kappa shape index (κ1) is 37.6. The minimum absolute atomic E-state index is 0.0817. The summed E-state index contributed by atoms with van der Waals surface area (Å²) in [6.07, 6.45) is 6.44. The van der Waals surface area contributed by atoms with Crippen LogP contribution in [0.25, 0.3) is 0 Å². The Morgan fingerprint density at radius 3 is 0.769 bits per heavy atom. The number of carbonyl (C=O) groups is 4. The van der Waals surface area contributed by atoms with Crippen LogP contribution in [0.3, 0.4) is 0 Å². The van der Waals surface area contributed by atoms with E-state index < -0.39 is 0 Å². The molecule has 0 radical (unpaired) electrons. The second-order valence-electron chi connectivity index (χ2n) is 12.2. The predicted octanol–water partition coefficient (Wildman–Crippen LogP) is 1.34. The number of pyridine rings is 4. The number of carbonyl (C=O) groups excluding carboxylic acids is 4. The fraction of sp³-hybridized carbons (Fsp3) is 0.333. The van der Waals surface area contributed by atoms with Crippen LogP contribution in [0.2, 0.25) is 0 Å². The lowest BCUT2D eigenvalue weighted by atomic mass is 10.3. The maximum atomic E-state index is 13.1. The number of hydrogen-bond acceptors (Lipinski definition) is 12. The first-order valence-corrected chi connectivity index (χ1v) is 17.1. The van der Waals surface area contributed by atoms with Crippen molar-refractivity contribution in [1.82, 2.24) is 39.5 Å². The first-order chi connectivity index (χ1) is 25.4. The molecular formula is C36H44N12O4. The Morgan fingerprint density at radius 1 is 0.385 bits per heavy atom. The number of rotatable bonds is 12. The highest BCUT2D eigenvalue weighted by atomic mass is 16.2. The van der Waals surface area contributed by atoms with Crippen molar-refractivity contribution in [2.45, 2.75) is 0 Å². The van der Waals surface area contributed by atoms with E-state index >= 15 is 0 Å². The Morgan fingerprint density at radius 2 is 0.596 bits per heavy atom. The van der Waals surface area contributed by atoms with Gasteiger partial charge in [-0.2, -0.15) is 0 Å². The molecule has 0 unspecified atom stereocenters. The van der Waals surface area contributed by atoms with Gasteiger partial charge in [-0.1, -0.05) is 24.3 Å². The summed E-state index contributed by atoms with van der Waals surface area (Å²) >= 11 is 0. The molecule has 5 rings (SSSR count). The average Bonchev–Trinajstić information content (AvgIpc) is 3.14. The third kappa shape index (κ3) is 13.6. The molecule has 1 fully saturated rings. The molecule has 0 atom stereocenters. The monoisotopic (exact) mass is 708 g/mol. The number of nitrogens with zero attached hydrogens (tertiary/aromatic N) is 8. The van der Waals surface area contributed by atoms with Gasteiger partial charge in [-0.05, 0) is 48.5 Å². The quantitative estimate of drug-likeness (QED) is 0.166. The molecule has 1 aliphatic rings. The SMILES string of the molecule is O=C(CN1CCN(CC(=O)Nc2ccccn2)CCN(CC(=O)Nc2ccccn2)CCN(CC(=O)Nc2ccccn2)CC1)Nc1ccccn1. The van der Waals surface area contributed by atoms with Crippen molar-refractivity contribution < 1.29 is 19.2 Å². The van der Waals surface area contributed by atoms with Gasteiger partial charge in [-0.15, -0.1) is 0 Å². The maximum Gasteiger partial charge on any atom is 0.239 e. The van der Waals surface area contributed by atoms with Gasteiger partial charge >= 0.3 is 0 Å². The molecule has 1 saturated heterocycles. The van der Waals surface area contributed by atoms with Crippen LogP contribution in [-0.2, 0) is 19.2 Å². The maximum absolute atomic E-state index is 13.1. The summed E-state index contributed by atoms with van der Waals surface area (Å²) in [6.45, 7) is 4.00. The molecule has 1 aliphatic heterocycles. The molecule has 4 amide bonds. The van der Waals surface area contributed by atoms with Crippen molar-refractivity contribution in [2.24, 2.45) is 0 Å². The van der Waals surface area contributed by atoms with Crippen LogP contribution in [-0.4, -0.2) is 142 Å². The van der Waals surface area contributed by atoms with Gasteiger partial charge in [0.05, 0.1) is 26.2 Å². The molecule has 5 heterocycles. The minimum atomic E-state index is -0.227. The van der Waals surface area contributed by atoms with Crippen molar-refractivity contribution in [2.75, 3.05) is 99.8 Å². The molecule has 4 N–H and O–H groups in total. The highest BCUT2D eigenvalue weighted by molar-refractivity contribution is 5.93. The minimum Gasteiger partial charge on any atom is -0.310 e. The summed E-state index contributed by atoms with van der Waals surface area (Å²) in [5.74, 6) is 0.905. The van der Waals surface area contributed by atoms with E-state index in [1.54, 1.807) is 97.6 Å². The molecule has 0 aliphatic carbocycles. The molecule has 16 heteroatoms. The van der Waals surface area contributed by atoms with E-state index in [1.165, 1.54) is 0 Å². The molecule has 0 bridgehead atoms. The number of hydrogen-bond donors (Lipinski definition) is 4. The summed E-state index contributed by atoms with van der Waals surface area (Å²) in [7, 11) is 0. The highest BCUT2D eigenvalue weighted by Crippen LogP contribution is 2.07. The van der Waals surface area contributed by atoms with E-state index in [9.17, 15) is 19.2 Å². The number of nitrogens with one attached hydrogen (secondary N) is 4. The second-order valence-corrected chi connectivity index (χ2v) is 12.2. The van der Waals surface area contributed by atoms with E-state index in [4.69, 9.17) is 0 Å². The third-order valence-corrected chi connectivity index (χ3v) is 8.13. The van der Waals surface area contributed by atoms with Gasteiger partial charge in [0, 0.05) is 77.1 Å². The van der Waals surface area contributed by atoms with Crippen LogP contribution in [0, 0.1) is 0 Å². The van der Waals surface area contributed by atoms with E-state index in [2.05, 4.69) is 41.2 Å². The summed E-state index contributed by atoms with van der Waals surface area (Å²) in [6, 6.07) is 21.2. The van der Waals surface area contributed by atoms with Gasteiger partial charge in [0.25, 0.3) is 0 Å². The largest absolute Gasteiger partial charge is 0.310 e. The lowest BCUT2D eigenvalue weighted by Gasteiger charge is -2.33. The first-order valence-electron chi connectivity index (χ1n) is 17.1. The molecule has 0 spiro atoms. The normalized spacial score (nSPS) is 15.4. The lowest BCUT2D eigenvalue weighted by Crippen LogP contribution is -2.50. The third-order valence-electron chi connectivity index (χ3n) is 8.13. The van der Waals surface area contributed by atoms with Gasteiger partial charge in [0.2, 0.25) is 23.6 Å². The fourth-order valence-electron chi connectivity index (χ4n) is 5.50. The molecule has 272 valence electrons. The van der Waals surface area contributed by atoms with E-state index in [0.29, 0.717) is 75.6 Å². The van der Waals surface area contributed by atoms with Gasteiger partial charge in [-0.3, -0.25) is 38.8 Å². The van der Waals surface area contributed by atoms with Gasteiger partial charge < -0.3 is 21.3 Å². The van der Waals surface area contributed by atoms with Gasteiger partial charge in [0.15, 0.2) is 0 Å². The van der Waals surface area contributed by atoms with E-state index in [0.717, 1.165) is 0 Å². The van der Waals surface area contributed by atoms with Crippen LogP contribution in [0.1, 0.15) is 0 Å². The summed E-state index contributed by atoms with van der Waals surface area (Å²) in [4.78, 5) is 77.4. The van der Waals surface area contributed by atoms with Crippen molar-refractivity contribution in [3.8, 4) is 0 Å². The molecular weight excluding hydrogens is 664 g/mol. The molecule has 52 heavy (non-hydrogen) atoms. The Bertz CT molecular complexity index is 1430. The van der Waals surface area contributed by atoms with Gasteiger partial charge in [-0.25, -0.2) is 19.9 Å². The smallest absolute Gasteiger partial charge is 0.239 e. The second kappa shape index (κ2) is 20.2. The number of amides is 4. The fourth-order valence-corrected chi connectivity index (χ4v) is 5.50. The molecule has 4 aromatic heterocycles. The highest BCUT2D eigenvalue weighted by Gasteiger charge is 2.22. The zero-order valence-corrected chi connectivity index (χ0v) is 28.9. The Hall–Kier alpha value is -5.68. The van der Waals surface area contributed by atoms with Crippen LogP contribution in [0.15, 0.2) is 97.6 Å². The molecule has 16 nitrogen and oxygen atoms in total. The van der Waals surface area contributed by atoms with Crippen LogP contribution >= 0.6 is 0 Å². The topological polar surface area (TPSA) is 181 Å². The number of anilines is 4. The molecule has 0 saturated carbocycles. The number of aromatic nitrogens is 4. The van der Waals surface area contributed by atoms with Crippen LogP contribution in [0.4, 0.5) is 23.3 Å². The summed E-state index contributed by atoms with van der Waals surface area (Å²) in [5.41, 5.74) is 0. The summed E-state index contributed by atoms with van der Waals surface area (Å²) in [5, 5.41) is 11.4. The Kier molecular flexibility index (Phi) is 14.6. The van der Waals surface area contributed by atoms with Crippen molar-refractivity contribution in [1.29, 1.82) is 0 Å². The summed E-state index contributed by atoms with van der Waals surface area (Å²) < 4.78 is 0.